The molecule has 2 rings (SSSR count). The summed E-state index contributed by atoms with van der Waals surface area (Å²) in [6, 6.07) is 4.41. The van der Waals surface area contributed by atoms with Gasteiger partial charge in [0.25, 0.3) is 11.6 Å². The highest BCUT2D eigenvalue weighted by Gasteiger charge is 2.21. The minimum atomic E-state index is -0.542. The molecule has 1 fully saturated rings. The van der Waals surface area contributed by atoms with Crippen LogP contribution in [0.5, 0.6) is 0 Å². The van der Waals surface area contributed by atoms with E-state index in [-0.39, 0.29) is 11.3 Å². The number of benzene rings is 1. The molecule has 1 atom stereocenters. The molecule has 114 valence electrons. The number of nitrogens with zero attached hydrogens (tertiary/aromatic N) is 1. The van der Waals surface area contributed by atoms with E-state index in [0.717, 1.165) is 26.1 Å². The fourth-order valence-corrected chi connectivity index (χ4v) is 2.33. The Morgan fingerprint density at radius 3 is 2.95 bits per heavy atom. The SMILES string of the molecule is CNc1ccc([N+](=O)[O-])c(C(=O)NCCC2CCOC2)c1. The summed E-state index contributed by atoms with van der Waals surface area (Å²) >= 11 is 0. The Balaban J connectivity index is 2.00. The van der Waals surface area contributed by atoms with Crippen LogP contribution < -0.4 is 10.6 Å². The lowest BCUT2D eigenvalue weighted by molar-refractivity contribution is -0.385. The maximum absolute atomic E-state index is 12.1. The quantitative estimate of drug-likeness (QED) is 0.616. The van der Waals surface area contributed by atoms with Gasteiger partial charge in [0.2, 0.25) is 0 Å². The Kier molecular flexibility index (Phi) is 5.10. The van der Waals surface area contributed by atoms with Crippen molar-refractivity contribution in [3.63, 3.8) is 0 Å². The lowest BCUT2D eigenvalue weighted by Crippen LogP contribution is -2.26. The van der Waals surface area contributed by atoms with Gasteiger partial charge in [-0.1, -0.05) is 0 Å². The van der Waals surface area contributed by atoms with Crippen LogP contribution in [0.15, 0.2) is 18.2 Å². The Morgan fingerprint density at radius 2 is 2.33 bits per heavy atom. The fraction of sp³-hybridized carbons (Fsp3) is 0.500. The second-order valence-electron chi connectivity index (χ2n) is 5.01. The van der Waals surface area contributed by atoms with E-state index in [9.17, 15) is 14.9 Å². The average Bonchev–Trinajstić information content (AvgIpc) is 2.99. The molecular weight excluding hydrogens is 274 g/mol. The van der Waals surface area contributed by atoms with Gasteiger partial charge in [0, 0.05) is 38.6 Å². The second-order valence-corrected chi connectivity index (χ2v) is 5.01. The smallest absolute Gasteiger partial charge is 0.282 e. The summed E-state index contributed by atoms with van der Waals surface area (Å²) in [4.78, 5) is 22.6. The molecular formula is C14H19N3O4. The number of rotatable bonds is 6. The van der Waals surface area contributed by atoms with E-state index in [1.165, 1.54) is 12.1 Å². The van der Waals surface area contributed by atoms with E-state index in [1.807, 2.05) is 0 Å². The van der Waals surface area contributed by atoms with Crippen molar-refractivity contribution in [2.75, 3.05) is 32.1 Å². The number of hydrogen-bond acceptors (Lipinski definition) is 5. The topological polar surface area (TPSA) is 93.5 Å². The summed E-state index contributed by atoms with van der Waals surface area (Å²) in [6.07, 6.45) is 1.83. The molecule has 1 heterocycles. The van der Waals surface area contributed by atoms with Crippen molar-refractivity contribution in [1.82, 2.24) is 5.32 Å². The molecule has 2 N–H and O–H groups in total. The Labute approximate surface area is 122 Å². The number of hydrogen-bond donors (Lipinski definition) is 2. The summed E-state index contributed by atoms with van der Waals surface area (Å²) in [6.45, 7) is 1.99. The van der Waals surface area contributed by atoms with E-state index in [0.29, 0.717) is 18.2 Å². The van der Waals surface area contributed by atoms with Crippen LogP contribution in [0.4, 0.5) is 11.4 Å². The Morgan fingerprint density at radius 1 is 1.52 bits per heavy atom. The third-order valence-electron chi connectivity index (χ3n) is 3.59. The molecule has 0 saturated carbocycles. The van der Waals surface area contributed by atoms with Gasteiger partial charge in [-0.05, 0) is 30.9 Å². The van der Waals surface area contributed by atoms with Gasteiger partial charge in [-0.25, -0.2) is 0 Å². The highest BCUT2D eigenvalue weighted by Crippen LogP contribution is 2.22. The lowest BCUT2D eigenvalue weighted by Gasteiger charge is -2.10. The van der Waals surface area contributed by atoms with Gasteiger partial charge in [-0.2, -0.15) is 0 Å². The molecule has 0 bridgehead atoms. The standard InChI is InChI=1S/C14H19N3O4/c1-15-11-2-3-13(17(19)20)12(8-11)14(18)16-6-4-10-5-7-21-9-10/h2-3,8,10,15H,4-7,9H2,1H3,(H,16,18). The van der Waals surface area contributed by atoms with Crippen molar-refractivity contribution >= 4 is 17.3 Å². The highest BCUT2D eigenvalue weighted by molar-refractivity contribution is 5.99. The molecule has 1 aliphatic heterocycles. The van der Waals surface area contributed by atoms with Crippen molar-refractivity contribution in [3.8, 4) is 0 Å². The summed E-state index contributed by atoms with van der Waals surface area (Å²) in [5.74, 6) is 0.0432. The van der Waals surface area contributed by atoms with Crippen LogP contribution in [0.25, 0.3) is 0 Å². The molecule has 0 radical (unpaired) electrons. The number of ether oxygens (including phenoxy) is 1. The van der Waals surface area contributed by atoms with Crippen LogP contribution >= 0.6 is 0 Å². The number of carbonyl (C=O) groups is 1. The first-order valence-electron chi connectivity index (χ1n) is 6.94. The van der Waals surface area contributed by atoms with Crippen LogP contribution in [0.3, 0.4) is 0 Å². The third kappa shape index (κ3) is 3.91. The van der Waals surface area contributed by atoms with E-state index in [1.54, 1.807) is 13.1 Å². The minimum Gasteiger partial charge on any atom is -0.388 e. The average molecular weight is 293 g/mol. The molecule has 1 aromatic carbocycles. The predicted molar refractivity (Wildman–Crippen MR) is 78.5 cm³/mol. The largest absolute Gasteiger partial charge is 0.388 e. The van der Waals surface area contributed by atoms with Gasteiger partial charge in [-0.15, -0.1) is 0 Å². The zero-order chi connectivity index (χ0) is 15.2. The van der Waals surface area contributed by atoms with E-state index < -0.39 is 10.8 Å². The van der Waals surface area contributed by atoms with Crippen LogP contribution in [0, 0.1) is 16.0 Å². The minimum absolute atomic E-state index is 0.0783. The zero-order valence-electron chi connectivity index (χ0n) is 11.9. The van der Waals surface area contributed by atoms with Gasteiger partial charge in [0.05, 0.1) is 4.92 Å². The predicted octanol–water partition coefficient (Wildman–Crippen LogP) is 1.79. The maximum Gasteiger partial charge on any atom is 0.282 e. The molecule has 7 heteroatoms. The zero-order valence-corrected chi connectivity index (χ0v) is 11.9. The molecule has 21 heavy (non-hydrogen) atoms. The molecule has 1 aliphatic rings. The first-order chi connectivity index (χ1) is 10.1. The summed E-state index contributed by atoms with van der Waals surface area (Å²) in [5, 5.41) is 16.6. The second kappa shape index (κ2) is 7.03. The molecule has 0 spiro atoms. The van der Waals surface area contributed by atoms with Crippen molar-refractivity contribution in [2.24, 2.45) is 5.92 Å². The van der Waals surface area contributed by atoms with Gasteiger partial charge in [0.15, 0.2) is 0 Å². The van der Waals surface area contributed by atoms with Crippen LogP contribution in [0.1, 0.15) is 23.2 Å². The molecule has 1 unspecified atom stereocenters. The molecule has 1 saturated heterocycles. The van der Waals surface area contributed by atoms with E-state index in [2.05, 4.69) is 10.6 Å². The lowest BCUT2D eigenvalue weighted by atomic mass is 10.1. The Bertz CT molecular complexity index is 527. The first-order valence-corrected chi connectivity index (χ1v) is 6.94. The fourth-order valence-electron chi connectivity index (χ4n) is 2.33. The van der Waals surface area contributed by atoms with Gasteiger partial charge in [-0.3, -0.25) is 14.9 Å². The van der Waals surface area contributed by atoms with Crippen molar-refractivity contribution in [1.29, 1.82) is 0 Å². The highest BCUT2D eigenvalue weighted by atomic mass is 16.6. The van der Waals surface area contributed by atoms with Crippen LogP contribution in [-0.2, 0) is 4.74 Å². The number of anilines is 1. The summed E-state index contributed by atoms with van der Waals surface area (Å²) in [7, 11) is 1.70. The number of nitro groups is 1. The molecule has 1 amide bonds. The van der Waals surface area contributed by atoms with Crippen molar-refractivity contribution in [2.45, 2.75) is 12.8 Å². The van der Waals surface area contributed by atoms with E-state index >= 15 is 0 Å². The Hall–Kier alpha value is -2.15. The van der Waals surface area contributed by atoms with Gasteiger partial charge < -0.3 is 15.4 Å². The normalized spacial score (nSPS) is 17.5. The summed E-state index contributed by atoms with van der Waals surface area (Å²) in [5.41, 5.74) is 0.556. The van der Waals surface area contributed by atoms with Gasteiger partial charge >= 0.3 is 0 Å². The van der Waals surface area contributed by atoms with E-state index in [4.69, 9.17) is 4.74 Å². The number of carbonyl (C=O) groups excluding carboxylic acids is 1. The summed E-state index contributed by atoms with van der Waals surface area (Å²) < 4.78 is 5.27. The van der Waals surface area contributed by atoms with Gasteiger partial charge in [0.1, 0.15) is 5.56 Å². The number of amides is 1. The number of nitrogens with one attached hydrogen (secondary N) is 2. The molecule has 0 aromatic heterocycles. The van der Waals surface area contributed by atoms with Crippen LogP contribution in [0.2, 0.25) is 0 Å². The molecule has 0 aliphatic carbocycles. The first kappa shape index (κ1) is 15.2. The van der Waals surface area contributed by atoms with Crippen molar-refractivity contribution in [3.05, 3.63) is 33.9 Å². The molecule has 7 nitrogen and oxygen atoms in total. The maximum atomic E-state index is 12.1. The van der Waals surface area contributed by atoms with Crippen LogP contribution in [-0.4, -0.2) is 37.6 Å². The molecule has 1 aromatic rings. The number of nitro benzene ring substituents is 1. The monoisotopic (exact) mass is 293 g/mol. The van der Waals surface area contributed by atoms with Crippen molar-refractivity contribution < 1.29 is 14.5 Å². The third-order valence-corrected chi connectivity index (χ3v) is 3.59.